The van der Waals surface area contributed by atoms with E-state index in [1.807, 2.05) is 6.92 Å². The molecule has 1 rings (SSSR count). The molecule has 0 spiro atoms. The van der Waals surface area contributed by atoms with Crippen molar-refractivity contribution in [1.82, 2.24) is 0 Å². The summed E-state index contributed by atoms with van der Waals surface area (Å²) >= 11 is 1.43. The molecule has 1 saturated heterocycles. The van der Waals surface area contributed by atoms with Crippen LogP contribution in [0.1, 0.15) is 6.92 Å². The van der Waals surface area contributed by atoms with Crippen LogP contribution in [0.15, 0.2) is 0 Å². The number of aliphatic hydroxyl groups excluding tert-OH is 3. The number of thioether (sulfide) groups is 1. The van der Waals surface area contributed by atoms with Gasteiger partial charge in [-0.05, 0) is 5.75 Å². The van der Waals surface area contributed by atoms with Gasteiger partial charge < -0.3 is 20.1 Å². The summed E-state index contributed by atoms with van der Waals surface area (Å²) in [6.07, 6.45) is -2.48. The van der Waals surface area contributed by atoms with Crippen LogP contribution in [0.4, 0.5) is 0 Å². The number of rotatable bonds is 3. The van der Waals surface area contributed by atoms with Crippen LogP contribution in [0.3, 0.4) is 0 Å². The highest BCUT2D eigenvalue weighted by molar-refractivity contribution is 7.99. The molecule has 0 amide bonds. The monoisotopic (exact) mass is 194 g/mol. The Kier molecular flexibility index (Phi) is 3.79. The van der Waals surface area contributed by atoms with Crippen LogP contribution in [0.25, 0.3) is 0 Å². The first-order chi connectivity index (χ1) is 5.70. The first-order valence-corrected chi connectivity index (χ1v) is 4.99. The Morgan fingerprint density at radius 2 is 2.00 bits per heavy atom. The van der Waals surface area contributed by atoms with Gasteiger partial charge in [0.05, 0.1) is 6.61 Å². The van der Waals surface area contributed by atoms with Crippen molar-refractivity contribution in [2.75, 3.05) is 12.4 Å². The molecule has 4 nitrogen and oxygen atoms in total. The second-order valence-corrected chi connectivity index (χ2v) is 4.04. The molecule has 0 aromatic heterocycles. The summed E-state index contributed by atoms with van der Waals surface area (Å²) in [5, 5.41) is 27.4. The maximum absolute atomic E-state index is 9.38. The molecule has 0 saturated carbocycles. The molecule has 0 unspecified atom stereocenters. The first-order valence-electron chi connectivity index (χ1n) is 3.94. The number of aliphatic hydroxyl groups is 3. The van der Waals surface area contributed by atoms with Crippen molar-refractivity contribution in [3.63, 3.8) is 0 Å². The largest absolute Gasteiger partial charge is 0.394 e. The molecule has 1 aliphatic heterocycles. The average molecular weight is 194 g/mol. The van der Waals surface area contributed by atoms with E-state index in [-0.39, 0.29) is 6.61 Å². The molecule has 1 fully saturated rings. The van der Waals surface area contributed by atoms with Crippen LogP contribution < -0.4 is 0 Å². The molecule has 0 radical (unpaired) electrons. The predicted octanol–water partition coefficient (Wildman–Crippen LogP) is -0.822. The molecule has 12 heavy (non-hydrogen) atoms. The van der Waals surface area contributed by atoms with E-state index in [1.165, 1.54) is 11.8 Å². The quantitative estimate of drug-likeness (QED) is 0.547. The lowest BCUT2D eigenvalue weighted by Gasteiger charge is -2.12. The lowest BCUT2D eigenvalue weighted by molar-refractivity contribution is -0.00807. The van der Waals surface area contributed by atoms with E-state index in [4.69, 9.17) is 9.84 Å². The fraction of sp³-hybridized carbons (Fsp3) is 1.00. The van der Waals surface area contributed by atoms with Gasteiger partial charge in [0, 0.05) is 0 Å². The van der Waals surface area contributed by atoms with Crippen molar-refractivity contribution in [1.29, 1.82) is 0 Å². The summed E-state index contributed by atoms with van der Waals surface area (Å²) in [5.74, 6) is 0.812. The van der Waals surface area contributed by atoms with E-state index in [0.29, 0.717) is 0 Å². The number of hydrogen-bond donors (Lipinski definition) is 3. The molecule has 0 aromatic carbocycles. The maximum Gasteiger partial charge on any atom is 0.132 e. The molecule has 0 aromatic rings. The van der Waals surface area contributed by atoms with Crippen LogP contribution in [0.5, 0.6) is 0 Å². The smallest absolute Gasteiger partial charge is 0.132 e. The molecule has 5 heteroatoms. The van der Waals surface area contributed by atoms with Gasteiger partial charge in [-0.15, -0.1) is 11.8 Å². The lowest BCUT2D eigenvalue weighted by Crippen LogP contribution is -2.33. The molecular weight excluding hydrogens is 180 g/mol. The molecule has 4 atom stereocenters. The second-order valence-electron chi connectivity index (χ2n) is 2.66. The predicted molar refractivity (Wildman–Crippen MR) is 45.9 cm³/mol. The van der Waals surface area contributed by atoms with E-state index >= 15 is 0 Å². The van der Waals surface area contributed by atoms with E-state index in [9.17, 15) is 10.2 Å². The number of hydrogen-bond acceptors (Lipinski definition) is 5. The van der Waals surface area contributed by atoms with Crippen molar-refractivity contribution >= 4 is 11.8 Å². The highest BCUT2D eigenvalue weighted by Gasteiger charge is 2.41. The Balaban J connectivity index is 2.48. The van der Waals surface area contributed by atoms with Gasteiger partial charge in [0.1, 0.15) is 23.7 Å². The third-order valence-electron chi connectivity index (χ3n) is 1.83. The molecule has 1 heterocycles. The summed E-state index contributed by atoms with van der Waals surface area (Å²) in [7, 11) is 0. The number of ether oxygens (including phenoxy) is 1. The molecule has 0 aliphatic carbocycles. The van der Waals surface area contributed by atoms with Crippen LogP contribution in [-0.4, -0.2) is 51.4 Å². The van der Waals surface area contributed by atoms with Crippen molar-refractivity contribution in [3.8, 4) is 0 Å². The Morgan fingerprint density at radius 1 is 1.33 bits per heavy atom. The van der Waals surface area contributed by atoms with Crippen molar-refractivity contribution < 1.29 is 20.1 Å². The fourth-order valence-corrected chi connectivity index (χ4v) is 2.08. The van der Waals surface area contributed by atoms with Crippen LogP contribution >= 0.6 is 11.8 Å². The topological polar surface area (TPSA) is 69.9 Å². The zero-order chi connectivity index (χ0) is 9.14. The van der Waals surface area contributed by atoms with Crippen LogP contribution in [-0.2, 0) is 4.74 Å². The minimum atomic E-state index is -0.959. The molecule has 72 valence electrons. The maximum atomic E-state index is 9.38. The normalized spacial score (nSPS) is 42.0. The second kappa shape index (κ2) is 4.43. The van der Waals surface area contributed by atoms with Gasteiger partial charge in [-0.1, -0.05) is 6.92 Å². The Morgan fingerprint density at radius 3 is 2.42 bits per heavy atom. The van der Waals surface area contributed by atoms with E-state index in [2.05, 4.69) is 0 Å². The van der Waals surface area contributed by atoms with Crippen LogP contribution in [0, 0.1) is 0 Å². The Bertz CT molecular complexity index is 143. The van der Waals surface area contributed by atoms with Gasteiger partial charge in [0.25, 0.3) is 0 Å². The SMILES string of the molecule is CCS[C@@H]1O[C@@H](CO)[C@H](O)[C@H]1O. The minimum absolute atomic E-state index is 0.251. The van der Waals surface area contributed by atoms with Gasteiger partial charge in [-0.25, -0.2) is 0 Å². The van der Waals surface area contributed by atoms with E-state index in [1.54, 1.807) is 0 Å². The van der Waals surface area contributed by atoms with Crippen molar-refractivity contribution in [3.05, 3.63) is 0 Å². The zero-order valence-corrected chi connectivity index (χ0v) is 7.70. The molecule has 0 bridgehead atoms. The van der Waals surface area contributed by atoms with Crippen LogP contribution in [0.2, 0.25) is 0 Å². The third-order valence-corrected chi connectivity index (χ3v) is 2.88. The highest BCUT2D eigenvalue weighted by atomic mass is 32.2. The zero-order valence-electron chi connectivity index (χ0n) is 6.88. The Hall–Kier alpha value is 0.190. The van der Waals surface area contributed by atoms with Gasteiger partial charge >= 0.3 is 0 Å². The molecule has 3 N–H and O–H groups in total. The summed E-state index contributed by atoms with van der Waals surface area (Å²) in [6, 6.07) is 0. The fourth-order valence-electron chi connectivity index (χ4n) is 1.17. The third kappa shape index (κ3) is 1.92. The average Bonchev–Trinajstić information content (AvgIpc) is 2.33. The first kappa shape index (κ1) is 10.3. The summed E-state index contributed by atoms with van der Waals surface area (Å²) in [6.45, 7) is 1.69. The van der Waals surface area contributed by atoms with Gasteiger partial charge in [0.2, 0.25) is 0 Å². The summed E-state index contributed by atoms with van der Waals surface area (Å²) < 4.78 is 5.19. The molecule has 1 aliphatic rings. The minimum Gasteiger partial charge on any atom is -0.394 e. The molecular formula is C7H14O4S. The standard InChI is InChI=1S/C7H14O4S/c1-2-12-7-6(10)5(9)4(3-8)11-7/h4-10H,2-3H2,1H3/t4-,5-,6+,7-/m0/s1. The summed E-state index contributed by atoms with van der Waals surface area (Å²) in [4.78, 5) is 0. The van der Waals surface area contributed by atoms with Crippen molar-refractivity contribution in [2.24, 2.45) is 0 Å². The van der Waals surface area contributed by atoms with E-state index in [0.717, 1.165) is 5.75 Å². The lowest BCUT2D eigenvalue weighted by atomic mass is 10.2. The summed E-state index contributed by atoms with van der Waals surface area (Å²) in [5.41, 5.74) is -0.401. The van der Waals surface area contributed by atoms with Gasteiger partial charge in [-0.3, -0.25) is 0 Å². The van der Waals surface area contributed by atoms with Crippen molar-refractivity contribution in [2.45, 2.75) is 30.7 Å². The highest BCUT2D eigenvalue weighted by Crippen LogP contribution is 2.28. The van der Waals surface area contributed by atoms with Gasteiger partial charge in [0.15, 0.2) is 0 Å². The van der Waals surface area contributed by atoms with Gasteiger partial charge in [-0.2, -0.15) is 0 Å². The Labute approximate surface area is 75.5 Å². The van der Waals surface area contributed by atoms with E-state index < -0.39 is 23.7 Å².